The lowest BCUT2D eigenvalue weighted by atomic mass is 10.2. The molecule has 0 saturated carbocycles. The Balaban J connectivity index is 1.77. The minimum absolute atomic E-state index is 0.0330. The van der Waals surface area contributed by atoms with Gasteiger partial charge >= 0.3 is 6.18 Å². The van der Waals surface area contributed by atoms with Gasteiger partial charge in [-0.05, 0) is 39.8 Å². The average molecular weight is 397 g/mol. The van der Waals surface area contributed by atoms with E-state index in [1.807, 2.05) is 19.9 Å². The topological polar surface area (TPSA) is 65.1 Å². The molecule has 27 heavy (non-hydrogen) atoms. The number of ketones is 1. The highest BCUT2D eigenvalue weighted by Crippen LogP contribution is 2.25. The summed E-state index contributed by atoms with van der Waals surface area (Å²) in [5, 5.41) is 4.71. The van der Waals surface area contributed by atoms with Gasteiger partial charge in [0.05, 0.1) is 5.75 Å². The molecule has 0 aliphatic rings. The first-order valence-electron chi connectivity index (χ1n) is 8.15. The van der Waals surface area contributed by atoms with Gasteiger partial charge in [-0.15, -0.1) is 5.10 Å². The van der Waals surface area contributed by atoms with E-state index in [-0.39, 0.29) is 17.1 Å². The van der Waals surface area contributed by atoms with Gasteiger partial charge in [0.1, 0.15) is 6.54 Å². The van der Waals surface area contributed by atoms with Crippen molar-refractivity contribution in [2.45, 2.75) is 45.6 Å². The number of carbonyl (C=O) groups excluding carboxylic acids is 1. The number of hydrogen-bond acceptors (Lipinski definition) is 5. The standard InChI is InChI=1S/C17H18F3N5OS/c1-9-5-11(3)25-15(21-9)22-16(23-25)27-7-14(26)13-6-10(2)24(12(13)4)8-17(18,19)20/h5-6H,7-8H2,1-4H3. The summed E-state index contributed by atoms with van der Waals surface area (Å²) in [6, 6.07) is 3.37. The van der Waals surface area contributed by atoms with Crippen LogP contribution in [0.1, 0.15) is 33.1 Å². The SMILES string of the molecule is Cc1cc(C)n2nc(SCC(=O)c3cc(C)n(CC(F)(F)F)c3C)nc2n1. The molecular formula is C17H18F3N5OS. The summed E-state index contributed by atoms with van der Waals surface area (Å²) in [4.78, 5) is 21.1. The molecule has 0 saturated heterocycles. The predicted octanol–water partition coefficient (Wildman–Crippen LogP) is 3.70. The fourth-order valence-corrected chi connectivity index (χ4v) is 3.62. The number of aryl methyl sites for hydroxylation is 3. The minimum Gasteiger partial charge on any atom is -0.339 e. The van der Waals surface area contributed by atoms with Crippen LogP contribution in [0, 0.1) is 27.7 Å². The molecule has 10 heteroatoms. The van der Waals surface area contributed by atoms with Crippen molar-refractivity contribution in [2.75, 3.05) is 5.75 Å². The Morgan fingerprint density at radius 3 is 2.48 bits per heavy atom. The van der Waals surface area contributed by atoms with Crippen LogP contribution < -0.4 is 0 Å². The van der Waals surface area contributed by atoms with Gasteiger partial charge in [-0.25, -0.2) is 9.50 Å². The third-order valence-electron chi connectivity index (χ3n) is 4.14. The average Bonchev–Trinajstić information content (AvgIpc) is 3.07. The van der Waals surface area contributed by atoms with Crippen LogP contribution in [0.3, 0.4) is 0 Å². The molecule has 3 heterocycles. The molecule has 6 nitrogen and oxygen atoms in total. The number of halogens is 3. The number of alkyl halides is 3. The maximum Gasteiger partial charge on any atom is 0.406 e. The summed E-state index contributed by atoms with van der Waals surface area (Å²) < 4.78 is 40.8. The van der Waals surface area contributed by atoms with Crippen molar-refractivity contribution in [3.8, 4) is 0 Å². The first-order valence-corrected chi connectivity index (χ1v) is 9.14. The maximum absolute atomic E-state index is 12.7. The molecule has 0 unspecified atom stereocenters. The van der Waals surface area contributed by atoms with Crippen LogP contribution >= 0.6 is 11.8 Å². The number of carbonyl (C=O) groups is 1. The summed E-state index contributed by atoms with van der Waals surface area (Å²) in [6.45, 7) is 5.71. The van der Waals surface area contributed by atoms with Gasteiger partial charge in [-0.3, -0.25) is 4.79 Å². The molecule has 0 atom stereocenters. The van der Waals surface area contributed by atoms with E-state index in [9.17, 15) is 18.0 Å². The molecule has 3 rings (SSSR count). The number of fused-ring (bicyclic) bond motifs is 1. The van der Waals surface area contributed by atoms with E-state index < -0.39 is 12.7 Å². The van der Waals surface area contributed by atoms with Crippen molar-refractivity contribution < 1.29 is 18.0 Å². The molecule has 0 amide bonds. The Hall–Kier alpha value is -2.36. The summed E-state index contributed by atoms with van der Waals surface area (Å²) in [5.74, 6) is 0.220. The zero-order valence-electron chi connectivity index (χ0n) is 15.3. The second-order valence-corrected chi connectivity index (χ2v) is 7.29. The van der Waals surface area contributed by atoms with Crippen LogP contribution in [-0.2, 0) is 6.54 Å². The van der Waals surface area contributed by atoms with Crippen LogP contribution in [-0.4, -0.2) is 41.9 Å². The highest BCUT2D eigenvalue weighted by molar-refractivity contribution is 7.99. The van der Waals surface area contributed by atoms with Crippen LogP contribution in [0.15, 0.2) is 17.3 Å². The molecule has 0 aliphatic heterocycles. The molecule has 0 N–H and O–H groups in total. The first kappa shape index (κ1) is 19.4. The quantitative estimate of drug-likeness (QED) is 0.485. The Labute approximate surface area is 157 Å². The smallest absolute Gasteiger partial charge is 0.339 e. The van der Waals surface area contributed by atoms with Gasteiger partial charge in [0, 0.05) is 28.3 Å². The summed E-state index contributed by atoms with van der Waals surface area (Å²) in [7, 11) is 0. The highest BCUT2D eigenvalue weighted by atomic mass is 32.2. The number of rotatable bonds is 5. The van der Waals surface area contributed by atoms with Crippen molar-refractivity contribution in [3.05, 3.63) is 40.5 Å². The van der Waals surface area contributed by atoms with Crippen molar-refractivity contribution in [3.63, 3.8) is 0 Å². The van der Waals surface area contributed by atoms with E-state index in [4.69, 9.17) is 0 Å². The molecular weight excluding hydrogens is 379 g/mol. The van der Waals surface area contributed by atoms with Gasteiger partial charge in [0.25, 0.3) is 5.78 Å². The molecule has 0 bridgehead atoms. The third kappa shape index (κ3) is 4.15. The van der Waals surface area contributed by atoms with Crippen LogP contribution in [0.2, 0.25) is 0 Å². The number of thioether (sulfide) groups is 1. The van der Waals surface area contributed by atoms with Crippen LogP contribution in [0.5, 0.6) is 0 Å². The van der Waals surface area contributed by atoms with Crippen molar-refractivity contribution >= 4 is 23.3 Å². The van der Waals surface area contributed by atoms with Crippen LogP contribution in [0.4, 0.5) is 13.2 Å². The van der Waals surface area contributed by atoms with Gasteiger partial charge in [0.15, 0.2) is 5.78 Å². The van der Waals surface area contributed by atoms with E-state index in [1.165, 1.54) is 13.0 Å². The van der Waals surface area contributed by atoms with E-state index in [1.54, 1.807) is 11.4 Å². The number of Topliss-reactive ketones (excluding diaryl/α,β-unsaturated/α-hetero) is 1. The number of nitrogens with zero attached hydrogens (tertiary/aromatic N) is 5. The molecule has 0 radical (unpaired) electrons. The van der Waals surface area contributed by atoms with E-state index in [2.05, 4.69) is 15.1 Å². The van der Waals surface area contributed by atoms with Gasteiger partial charge in [-0.2, -0.15) is 18.2 Å². The second kappa shape index (κ2) is 6.99. The lowest BCUT2D eigenvalue weighted by Gasteiger charge is -2.12. The Morgan fingerprint density at radius 1 is 1.11 bits per heavy atom. The minimum atomic E-state index is -4.34. The fraction of sp³-hybridized carbons (Fsp3) is 0.412. The zero-order chi connectivity index (χ0) is 19.9. The summed E-state index contributed by atoms with van der Waals surface area (Å²) in [6.07, 6.45) is -4.34. The molecule has 0 aromatic carbocycles. The first-order chi connectivity index (χ1) is 12.5. The fourth-order valence-electron chi connectivity index (χ4n) is 2.92. The van der Waals surface area contributed by atoms with E-state index in [0.717, 1.165) is 27.7 Å². The summed E-state index contributed by atoms with van der Waals surface area (Å²) >= 11 is 1.14. The Morgan fingerprint density at radius 2 is 1.81 bits per heavy atom. The summed E-state index contributed by atoms with van der Waals surface area (Å²) in [5.41, 5.74) is 2.69. The molecule has 3 aromatic heterocycles. The lowest BCUT2D eigenvalue weighted by molar-refractivity contribution is -0.141. The highest BCUT2D eigenvalue weighted by Gasteiger charge is 2.30. The predicted molar refractivity (Wildman–Crippen MR) is 95.3 cm³/mol. The number of hydrogen-bond donors (Lipinski definition) is 0. The number of aromatic nitrogens is 5. The molecule has 0 spiro atoms. The maximum atomic E-state index is 12.7. The monoisotopic (exact) mass is 397 g/mol. The van der Waals surface area contributed by atoms with Gasteiger partial charge in [0.2, 0.25) is 5.16 Å². The normalized spacial score (nSPS) is 12.1. The van der Waals surface area contributed by atoms with Crippen LogP contribution in [0.25, 0.3) is 5.78 Å². The largest absolute Gasteiger partial charge is 0.406 e. The van der Waals surface area contributed by atoms with Gasteiger partial charge in [-0.1, -0.05) is 11.8 Å². The third-order valence-corrected chi connectivity index (χ3v) is 4.98. The van der Waals surface area contributed by atoms with Gasteiger partial charge < -0.3 is 4.57 Å². The molecule has 3 aromatic rings. The lowest BCUT2D eigenvalue weighted by Crippen LogP contribution is -2.19. The molecule has 0 aliphatic carbocycles. The van der Waals surface area contributed by atoms with E-state index >= 15 is 0 Å². The van der Waals surface area contributed by atoms with Crippen molar-refractivity contribution in [2.24, 2.45) is 0 Å². The molecule has 0 fully saturated rings. The van der Waals surface area contributed by atoms with Crippen molar-refractivity contribution in [1.29, 1.82) is 0 Å². The zero-order valence-corrected chi connectivity index (χ0v) is 16.1. The Kier molecular flexibility index (Phi) is 5.02. The Bertz CT molecular complexity index is 1020. The van der Waals surface area contributed by atoms with E-state index in [0.29, 0.717) is 22.3 Å². The molecule has 144 valence electrons. The van der Waals surface area contributed by atoms with Crippen molar-refractivity contribution in [1.82, 2.24) is 24.1 Å². The second-order valence-electron chi connectivity index (χ2n) is 6.34.